The van der Waals surface area contributed by atoms with Gasteiger partial charge < -0.3 is 5.11 Å². The Hall–Kier alpha value is -0.460. The standard InChI is InChI=1S/C7H10O/c8-7-4-5-1-2-6(7)3-5/h5,8H,1-4H2/t5-/m1/s1. The molecule has 0 aromatic rings. The van der Waals surface area contributed by atoms with Crippen LogP contribution in [0.5, 0.6) is 0 Å². The SMILES string of the molecule is OC1=C2CC[C@@H](C1)C2. The first kappa shape index (κ1) is 4.42. The van der Waals surface area contributed by atoms with Crippen molar-refractivity contribution in [2.24, 2.45) is 5.92 Å². The molecule has 0 saturated heterocycles. The predicted molar refractivity (Wildman–Crippen MR) is 31.6 cm³/mol. The quantitative estimate of drug-likeness (QED) is 0.505. The van der Waals surface area contributed by atoms with Crippen LogP contribution in [0.1, 0.15) is 25.7 Å². The molecule has 8 heavy (non-hydrogen) atoms. The van der Waals surface area contributed by atoms with Crippen LogP contribution in [-0.4, -0.2) is 5.11 Å². The molecule has 2 aliphatic carbocycles. The topological polar surface area (TPSA) is 20.2 Å². The molecule has 1 saturated carbocycles. The van der Waals surface area contributed by atoms with E-state index in [4.69, 9.17) is 5.11 Å². The third-order valence-corrected chi connectivity index (χ3v) is 2.28. The van der Waals surface area contributed by atoms with Crippen molar-refractivity contribution in [3.8, 4) is 0 Å². The van der Waals surface area contributed by atoms with Gasteiger partial charge in [0.1, 0.15) is 0 Å². The van der Waals surface area contributed by atoms with Gasteiger partial charge in [0.15, 0.2) is 0 Å². The maximum Gasteiger partial charge on any atom is 0.0917 e. The first-order valence-electron chi connectivity index (χ1n) is 3.26. The van der Waals surface area contributed by atoms with E-state index in [0.717, 1.165) is 12.3 Å². The van der Waals surface area contributed by atoms with Crippen LogP contribution in [0, 0.1) is 5.92 Å². The van der Waals surface area contributed by atoms with Crippen LogP contribution >= 0.6 is 0 Å². The van der Waals surface area contributed by atoms with E-state index in [1.165, 1.54) is 24.8 Å². The van der Waals surface area contributed by atoms with E-state index in [1.54, 1.807) is 0 Å². The van der Waals surface area contributed by atoms with Crippen molar-refractivity contribution < 1.29 is 5.11 Å². The lowest BCUT2D eigenvalue weighted by Gasteiger charge is -2.04. The van der Waals surface area contributed by atoms with E-state index in [9.17, 15) is 0 Å². The summed E-state index contributed by atoms with van der Waals surface area (Å²) >= 11 is 0. The van der Waals surface area contributed by atoms with E-state index in [1.807, 2.05) is 0 Å². The van der Waals surface area contributed by atoms with Gasteiger partial charge in [-0.3, -0.25) is 0 Å². The number of allylic oxidation sites excluding steroid dienone is 2. The van der Waals surface area contributed by atoms with E-state index >= 15 is 0 Å². The molecular formula is C7H10O. The van der Waals surface area contributed by atoms with E-state index < -0.39 is 0 Å². The van der Waals surface area contributed by atoms with Gasteiger partial charge in [0.2, 0.25) is 0 Å². The summed E-state index contributed by atoms with van der Waals surface area (Å²) in [6.07, 6.45) is 4.69. The van der Waals surface area contributed by atoms with Gasteiger partial charge in [-0.1, -0.05) is 0 Å². The molecule has 0 aliphatic heterocycles. The number of hydrogen-bond acceptors (Lipinski definition) is 1. The summed E-state index contributed by atoms with van der Waals surface area (Å²) in [4.78, 5) is 0. The van der Waals surface area contributed by atoms with E-state index in [-0.39, 0.29) is 0 Å². The Balaban J connectivity index is 2.33. The summed E-state index contributed by atoms with van der Waals surface area (Å²) in [5, 5.41) is 9.10. The van der Waals surface area contributed by atoms with Crippen molar-refractivity contribution in [3.63, 3.8) is 0 Å². The maximum absolute atomic E-state index is 9.10. The Labute approximate surface area is 49.0 Å². The second-order valence-electron chi connectivity index (χ2n) is 2.86. The summed E-state index contributed by atoms with van der Waals surface area (Å²) in [5.74, 6) is 1.53. The highest BCUT2D eigenvalue weighted by Gasteiger charge is 2.29. The predicted octanol–water partition coefficient (Wildman–Crippen LogP) is 2.00. The van der Waals surface area contributed by atoms with Gasteiger partial charge >= 0.3 is 0 Å². The summed E-state index contributed by atoms with van der Waals surface area (Å²) in [6.45, 7) is 0. The van der Waals surface area contributed by atoms with Gasteiger partial charge in [0.25, 0.3) is 0 Å². The average Bonchev–Trinajstić information content (AvgIpc) is 2.23. The van der Waals surface area contributed by atoms with Crippen molar-refractivity contribution in [3.05, 3.63) is 11.3 Å². The lowest BCUT2D eigenvalue weighted by molar-refractivity contribution is 0.358. The molecule has 1 atom stereocenters. The fourth-order valence-corrected chi connectivity index (χ4v) is 1.79. The number of rotatable bonds is 0. The first-order valence-corrected chi connectivity index (χ1v) is 3.26. The van der Waals surface area contributed by atoms with Crippen LogP contribution in [0.4, 0.5) is 0 Å². The van der Waals surface area contributed by atoms with Crippen molar-refractivity contribution in [2.45, 2.75) is 25.7 Å². The van der Waals surface area contributed by atoms with E-state index in [0.29, 0.717) is 5.76 Å². The van der Waals surface area contributed by atoms with Crippen LogP contribution in [0.2, 0.25) is 0 Å². The lowest BCUT2D eigenvalue weighted by atomic mass is 10.1. The lowest BCUT2D eigenvalue weighted by Crippen LogP contribution is -1.92. The fourth-order valence-electron chi connectivity index (χ4n) is 1.79. The molecular weight excluding hydrogens is 100 g/mol. The van der Waals surface area contributed by atoms with Crippen LogP contribution in [0.3, 0.4) is 0 Å². The molecule has 2 bridgehead atoms. The zero-order chi connectivity index (χ0) is 5.56. The molecule has 0 aromatic heterocycles. The highest BCUT2D eigenvalue weighted by molar-refractivity contribution is 5.20. The third kappa shape index (κ3) is 0.417. The highest BCUT2D eigenvalue weighted by Crippen LogP contribution is 2.42. The average molecular weight is 110 g/mol. The molecule has 0 radical (unpaired) electrons. The smallest absolute Gasteiger partial charge is 0.0917 e. The number of aliphatic hydroxyl groups is 1. The summed E-state index contributed by atoms with van der Waals surface area (Å²) in [5.41, 5.74) is 1.34. The summed E-state index contributed by atoms with van der Waals surface area (Å²) < 4.78 is 0. The van der Waals surface area contributed by atoms with Gasteiger partial charge in [0.05, 0.1) is 5.76 Å². The van der Waals surface area contributed by atoms with Crippen LogP contribution in [0.25, 0.3) is 0 Å². The molecule has 1 fully saturated rings. The molecule has 0 amide bonds. The van der Waals surface area contributed by atoms with Crippen LogP contribution in [0.15, 0.2) is 11.3 Å². The summed E-state index contributed by atoms with van der Waals surface area (Å²) in [7, 11) is 0. The van der Waals surface area contributed by atoms with Crippen LogP contribution in [-0.2, 0) is 0 Å². The van der Waals surface area contributed by atoms with Crippen molar-refractivity contribution in [1.29, 1.82) is 0 Å². The molecule has 0 heterocycles. The number of fused-ring (bicyclic) bond motifs is 2. The normalized spacial score (nSPS) is 34.8. The largest absolute Gasteiger partial charge is 0.512 e. The molecule has 1 heteroatoms. The van der Waals surface area contributed by atoms with Gasteiger partial charge in [-0.2, -0.15) is 0 Å². The molecule has 0 unspecified atom stereocenters. The Kier molecular flexibility index (Phi) is 0.706. The zero-order valence-corrected chi connectivity index (χ0v) is 4.85. The Morgan fingerprint density at radius 3 is 2.50 bits per heavy atom. The van der Waals surface area contributed by atoms with Crippen molar-refractivity contribution in [2.75, 3.05) is 0 Å². The van der Waals surface area contributed by atoms with Gasteiger partial charge in [-0.25, -0.2) is 0 Å². The van der Waals surface area contributed by atoms with Crippen molar-refractivity contribution >= 4 is 0 Å². The third-order valence-electron chi connectivity index (χ3n) is 2.28. The molecule has 0 aromatic carbocycles. The monoisotopic (exact) mass is 110 g/mol. The van der Waals surface area contributed by atoms with Gasteiger partial charge in [-0.15, -0.1) is 0 Å². The number of aliphatic hydroxyl groups excluding tert-OH is 1. The second kappa shape index (κ2) is 1.28. The minimum Gasteiger partial charge on any atom is -0.512 e. The maximum atomic E-state index is 9.10. The molecule has 2 aliphatic rings. The molecule has 1 N–H and O–H groups in total. The first-order chi connectivity index (χ1) is 3.86. The Morgan fingerprint density at radius 1 is 1.38 bits per heavy atom. The Bertz CT molecular complexity index is 144. The molecule has 2 rings (SSSR count). The van der Waals surface area contributed by atoms with Gasteiger partial charge in [0, 0.05) is 6.42 Å². The minimum atomic E-state index is 0.709. The Morgan fingerprint density at radius 2 is 2.25 bits per heavy atom. The van der Waals surface area contributed by atoms with Gasteiger partial charge in [-0.05, 0) is 30.8 Å². The zero-order valence-electron chi connectivity index (χ0n) is 4.85. The van der Waals surface area contributed by atoms with Crippen LogP contribution < -0.4 is 0 Å². The summed E-state index contributed by atoms with van der Waals surface area (Å²) in [6, 6.07) is 0. The second-order valence-corrected chi connectivity index (χ2v) is 2.86. The fraction of sp³-hybridized carbons (Fsp3) is 0.714. The molecule has 44 valence electrons. The van der Waals surface area contributed by atoms with E-state index in [2.05, 4.69) is 0 Å². The van der Waals surface area contributed by atoms with Crippen molar-refractivity contribution in [1.82, 2.24) is 0 Å². The molecule has 1 nitrogen and oxygen atoms in total. The number of hydrogen-bond donors (Lipinski definition) is 1. The molecule has 0 spiro atoms. The minimum absolute atomic E-state index is 0.709. The highest BCUT2D eigenvalue weighted by atomic mass is 16.3.